The van der Waals surface area contributed by atoms with E-state index in [0.29, 0.717) is 17.6 Å². The molecule has 40 heavy (non-hydrogen) atoms. The molecule has 2 aromatic heterocycles. The van der Waals surface area contributed by atoms with Gasteiger partial charge in [0.15, 0.2) is 11.6 Å². The van der Waals surface area contributed by atoms with E-state index >= 15 is 0 Å². The van der Waals surface area contributed by atoms with Crippen molar-refractivity contribution in [3.05, 3.63) is 133 Å². The highest BCUT2D eigenvalue weighted by atomic mass is 15.4. The van der Waals surface area contributed by atoms with E-state index < -0.39 is 0 Å². The van der Waals surface area contributed by atoms with Crippen molar-refractivity contribution in [3.8, 4) is 39.6 Å². The van der Waals surface area contributed by atoms with Crippen LogP contribution in [0.5, 0.6) is 0 Å². The average Bonchev–Trinajstić information content (AvgIpc) is 3.35. The van der Waals surface area contributed by atoms with Gasteiger partial charge in [-0.15, -0.1) is 0 Å². The van der Waals surface area contributed by atoms with Crippen LogP contribution in [-0.4, -0.2) is 24.5 Å². The first-order valence-corrected chi connectivity index (χ1v) is 13.2. The maximum atomic E-state index is 5.16. The largest absolute Gasteiger partial charge is 0.277 e. The van der Waals surface area contributed by atoms with Gasteiger partial charge in [-0.25, -0.2) is 14.9 Å². The van der Waals surface area contributed by atoms with Crippen LogP contribution in [0.25, 0.3) is 50.6 Å². The molecule has 0 bridgehead atoms. The molecular formula is C34H22N6. The number of nitrogens with zero attached hydrogens (tertiary/aromatic N) is 6. The van der Waals surface area contributed by atoms with Crippen molar-refractivity contribution >= 4 is 28.6 Å². The van der Waals surface area contributed by atoms with Crippen molar-refractivity contribution in [3.63, 3.8) is 0 Å². The van der Waals surface area contributed by atoms with Crippen LogP contribution in [-0.2, 0) is 0 Å². The number of para-hydroxylation sites is 4. The maximum absolute atomic E-state index is 5.16. The SMILES string of the molecule is c1ccc(-c2nc(-c3ccccc3)nc(N3c4ccccc4-c4ccccc4-n4c3nc3ccccc34)n2)cc1. The Morgan fingerprint density at radius 3 is 1.62 bits per heavy atom. The molecule has 0 saturated heterocycles. The molecule has 0 spiro atoms. The molecule has 0 unspecified atom stereocenters. The lowest BCUT2D eigenvalue weighted by molar-refractivity contribution is 0.974. The van der Waals surface area contributed by atoms with Gasteiger partial charge in [0.05, 0.1) is 22.4 Å². The first kappa shape index (κ1) is 22.4. The fraction of sp³-hybridized carbons (Fsp3) is 0. The zero-order valence-corrected chi connectivity index (χ0v) is 21.4. The predicted molar refractivity (Wildman–Crippen MR) is 159 cm³/mol. The van der Waals surface area contributed by atoms with E-state index in [0.717, 1.165) is 50.6 Å². The molecule has 0 atom stereocenters. The molecule has 0 saturated carbocycles. The number of hydrogen-bond donors (Lipinski definition) is 0. The lowest BCUT2D eigenvalue weighted by atomic mass is 10.0. The van der Waals surface area contributed by atoms with E-state index in [9.17, 15) is 0 Å². The molecule has 6 heteroatoms. The summed E-state index contributed by atoms with van der Waals surface area (Å²) in [4.78, 5) is 22.3. The zero-order valence-electron chi connectivity index (χ0n) is 21.4. The molecule has 8 rings (SSSR count). The second-order valence-corrected chi connectivity index (χ2v) is 9.62. The van der Waals surface area contributed by atoms with Crippen LogP contribution in [0.3, 0.4) is 0 Å². The molecule has 3 heterocycles. The Bertz CT molecular complexity index is 1960. The highest BCUT2D eigenvalue weighted by molar-refractivity contribution is 5.95. The minimum atomic E-state index is 0.504. The van der Waals surface area contributed by atoms with Gasteiger partial charge in [0.1, 0.15) is 0 Å². The minimum Gasteiger partial charge on any atom is -0.277 e. The monoisotopic (exact) mass is 514 g/mol. The molecule has 0 N–H and O–H groups in total. The van der Waals surface area contributed by atoms with Crippen molar-refractivity contribution < 1.29 is 0 Å². The number of anilines is 3. The van der Waals surface area contributed by atoms with Crippen LogP contribution >= 0.6 is 0 Å². The third-order valence-corrected chi connectivity index (χ3v) is 7.21. The summed E-state index contributed by atoms with van der Waals surface area (Å²) in [5.74, 6) is 2.44. The van der Waals surface area contributed by atoms with E-state index in [1.54, 1.807) is 0 Å². The summed E-state index contributed by atoms with van der Waals surface area (Å²) in [5.41, 5.74) is 7.96. The standard InChI is InChI=1S/C34H22N6/c1-3-13-23(14-4-1)31-36-32(24-15-5-2-6-16-24)38-33(37-31)40-29-21-11-8-18-26(29)25-17-7-10-20-28(25)39-30-22-12-9-19-27(30)35-34(39)40/h1-22H. The van der Waals surface area contributed by atoms with E-state index in [-0.39, 0.29) is 0 Å². The fourth-order valence-corrected chi connectivity index (χ4v) is 5.40. The highest BCUT2D eigenvalue weighted by Crippen LogP contribution is 2.46. The van der Waals surface area contributed by atoms with Crippen LogP contribution in [0.4, 0.5) is 17.6 Å². The summed E-state index contributed by atoms with van der Waals surface area (Å²) >= 11 is 0. The Kier molecular flexibility index (Phi) is 5.03. The van der Waals surface area contributed by atoms with E-state index in [1.165, 1.54) is 0 Å². The number of benzene rings is 5. The fourth-order valence-electron chi connectivity index (χ4n) is 5.40. The smallest absolute Gasteiger partial charge is 0.241 e. The predicted octanol–water partition coefficient (Wildman–Crippen LogP) is 7.99. The van der Waals surface area contributed by atoms with Gasteiger partial charge >= 0.3 is 0 Å². The van der Waals surface area contributed by atoms with Crippen molar-refractivity contribution in [2.75, 3.05) is 4.90 Å². The zero-order chi connectivity index (χ0) is 26.5. The lowest BCUT2D eigenvalue weighted by Crippen LogP contribution is -2.18. The number of aromatic nitrogens is 5. The molecule has 5 aromatic carbocycles. The van der Waals surface area contributed by atoms with Gasteiger partial charge in [-0.1, -0.05) is 109 Å². The molecule has 0 aliphatic carbocycles. The third kappa shape index (κ3) is 3.50. The number of imidazole rings is 1. The summed E-state index contributed by atoms with van der Waals surface area (Å²) < 4.78 is 2.21. The van der Waals surface area contributed by atoms with Gasteiger partial charge in [-0.05, 0) is 24.3 Å². The molecule has 7 aromatic rings. The summed E-state index contributed by atoms with van der Waals surface area (Å²) in [6, 6.07) is 45.1. The third-order valence-electron chi connectivity index (χ3n) is 7.21. The molecular weight excluding hydrogens is 492 g/mol. The van der Waals surface area contributed by atoms with Crippen molar-refractivity contribution in [2.45, 2.75) is 0 Å². The van der Waals surface area contributed by atoms with Crippen LogP contribution in [0.1, 0.15) is 0 Å². The molecule has 188 valence electrons. The second-order valence-electron chi connectivity index (χ2n) is 9.62. The Morgan fingerprint density at radius 2 is 0.950 bits per heavy atom. The number of hydrogen-bond acceptors (Lipinski definition) is 5. The van der Waals surface area contributed by atoms with Gasteiger partial charge in [-0.3, -0.25) is 4.57 Å². The second kappa shape index (κ2) is 8.99. The van der Waals surface area contributed by atoms with Gasteiger partial charge in [0.2, 0.25) is 11.9 Å². The quantitative estimate of drug-likeness (QED) is 0.239. The normalized spacial score (nSPS) is 11.9. The van der Waals surface area contributed by atoms with Crippen LogP contribution in [0.2, 0.25) is 0 Å². The topological polar surface area (TPSA) is 59.7 Å². The molecule has 0 radical (unpaired) electrons. The molecule has 0 amide bonds. The van der Waals surface area contributed by atoms with E-state index in [4.69, 9.17) is 19.9 Å². The molecule has 1 aliphatic heterocycles. The van der Waals surface area contributed by atoms with Crippen molar-refractivity contribution in [2.24, 2.45) is 0 Å². The number of fused-ring (bicyclic) bond motifs is 7. The summed E-state index contributed by atoms with van der Waals surface area (Å²) in [6.07, 6.45) is 0. The van der Waals surface area contributed by atoms with Crippen LogP contribution in [0, 0.1) is 0 Å². The first-order valence-electron chi connectivity index (χ1n) is 13.2. The highest BCUT2D eigenvalue weighted by Gasteiger charge is 2.31. The summed E-state index contributed by atoms with van der Waals surface area (Å²) in [7, 11) is 0. The Labute approximate surface area is 230 Å². The molecule has 0 fully saturated rings. The van der Waals surface area contributed by atoms with Gasteiger partial charge in [0, 0.05) is 22.3 Å². The van der Waals surface area contributed by atoms with Crippen molar-refractivity contribution in [1.82, 2.24) is 24.5 Å². The van der Waals surface area contributed by atoms with Gasteiger partial charge < -0.3 is 0 Å². The van der Waals surface area contributed by atoms with Crippen LogP contribution in [0.15, 0.2) is 133 Å². The molecule has 6 nitrogen and oxygen atoms in total. The minimum absolute atomic E-state index is 0.504. The van der Waals surface area contributed by atoms with E-state index in [2.05, 4.69) is 58.0 Å². The average molecular weight is 515 g/mol. The van der Waals surface area contributed by atoms with Gasteiger partial charge in [-0.2, -0.15) is 9.97 Å². The lowest BCUT2D eigenvalue weighted by Gasteiger charge is -2.23. The van der Waals surface area contributed by atoms with Crippen molar-refractivity contribution in [1.29, 1.82) is 0 Å². The Hall–Kier alpha value is -5.62. The van der Waals surface area contributed by atoms with E-state index in [1.807, 2.05) is 84.9 Å². The number of rotatable bonds is 3. The summed E-state index contributed by atoms with van der Waals surface area (Å²) in [6.45, 7) is 0. The first-order chi connectivity index (χ1) is 19.8. The van der Waals surface area contributed by atoms with Crippen LogP contribution < -0.4 is 4.90 Å². The summed E-state index contributed by atoms with van der Waals surface area (Å²) in [5, 5.41) is 0. The van der Waals surface area contributed by atoms with Gasteiger partial charge in [0.25, 0.3) is 0 Å². The maximum Gasteiger partial charge on any atom is 0.241 e. The Balaban J connectivity index is 1.48. The molecule has 1 aliphatic rings. The Morgan fingerprint density at radius 1 is 0.425 bits per heavy atom.